The van der Waals surface area contributed by atoms with Crippen LogP contribution >= 0.6 is 27.7 Å². The minimum absolute atomic E-state index is 0.923. The maximum absolute atomic E-state index is 5.03. The third kappa shape index (κ3) is 2.81. The lowest BCUT2D eigenvalue weighted by Gasteiger charge is -2.31. The zero-order valence-electron chi connectivity index (χ0n) is 15.2. The molecule has 3 nitrogen and oxygen atoms in total. The van der Waals surface area contributed by atoms with Crippen LogP contribution in [0.4, 0.5) is 17.3 Å². The molecule has 6 rings (SSSR count). The van der Waals surface area contributed by atoms with Crippen molar-refractivity contribution in [2.45, 2.75) is 9.79 Å². The van der Waals surface area contributed by atoms with Crippen LogP contribution in [0, 0.1) is 0 Å². The van der Waals surface area contributed by atoms with Gasteiger partial charge < -0.3 is 0 Å². The van der Waals surface area contributed by atoms with Crippen molar-refractivity contribution in [2.75, 3.05) is 4.90 Å². The van der Waals surface area contributed by atoms with Gasteiger partial charge >= 0.3 is 0 Å². The Morgan fingerprint density at radius 1 is 0.655 bits per heavy atom. The van der Waals surface area contributed by atoms with Crippen LogP contribution in [0.3, 0.4) is 0 Å². The fourth-order valence-corrected chi connectivity index (χ4v) is 5.03. The van der Waals surface area contributed by atoms with Gasteiger partial charge in [-0.1, -0.05) is 64.1 Å². The van der Waals surface area contributed by atoms with Gasteiger partial charge in [0.1, 0.15) is 0 Å². The summed E-state index contributed by atoms with van der Waals surface area (Å²) in [6.07, 6.45) is 0. The van der Waals surface area contributed by atoms with E-state index in [0.29, 0.717) is 0 Å². The Kier molecular flexibility index (Phi) is 3.86. The van der Waals surface area contributed by atoms with Crippen LogP contribution in [-0.2, 0) is 0 Å². The van der Waals surface area contributed by atoms with E-state index in [2.05, 4.69) is 93.6 Å². The van der Waals surface area contributed by atoms with Gasteiger partial charge in [0.15, 0.2) is 11.6 Å². The van der Waals surface area contributed by atoms with Crippen LogP contribution < -0.4 is 4.90 Å². The molecule has 0 N–H and O–H groups in total. The largest absolute Gasteiger partial charge is 0.277 e. The number of nitrogens with zero attached hydrogens (tertiary/aromatic N) is 3. The Labute approximate surface area is 180 Å². The number of halogens is 1. The fourth-order valence-electron chi connectivity index (χ4n) is 3.70. The molecule has 0 saturated heterocycles. The molecule has 29 heavy (non-hydrogen) atoms. The van der Waals surface area contributed by atoms with Crippen molar-refractivity contribution in [3.8, 4) is 0 Å². The summed E-state index contributed by atoms with van der Waals surface area (Å²) in [5.74, 6) is 1.85. The minimum atomic E-state index is 0.923. The summed E-state index contributed by atoms with van der Waals surface area (Å²) in [6.45, 7) is 0. The Morgan fingerprint density at radius 2 is 1.17 bits per heavy atom. The molecule has 5 heteroatoms. The second-order valence-corrected chi connectivity index (χ2v) is 8.92. The van der Waals surface area contributed by atoms with Gasteiger partial charge in [0.25, 0.3) is 0 Å². The van der Waals surface area contributed by atoms with Gasteiger partial charge in [0.05, 0.1) is 20.8 Å². The molecule has 0 spiro atoms. The molecule has 0 radical (unpaired) electrons. The lowest BCUT2D eigenvalue weighted by atomic mass is 10.2. The molecule has 2 aromatic heterocycles. The summed E-state index contributed by atoms with van der Waals surface area (Å²) in [6, 6.07) is 29.3. The van der Waals surface area contributed by atoms with Gasteiger partial charge in [0, 0.05) is 20.9 Å². The van der Waals surface area contributed by atoms with Crippen molar-refractivity contribution in [3.05, 3.63) is 89.4 Å². The van der Waals surface area contributed by atoms with E-state index in [0.717, 1.165) is 53.4 Å². The van der Waals surface area contributed by atoms with Crippen LogP contribution in [0.5, 0.6) is 0 Å². The highest BCUT2D eigenvalue weighted by atomic mass is 79.9. The van der Waals surface area contributed by atoms with E-state index < -0.39 is 0 Å². The topological polar surface area (TPSA) is 29.0 Å². The fraction of sp³-hybridized carbons (Fsp3) is 0. The predicted molar refractivity (Wildman–Crippen MR) is 124 cm³/mol. The number of anilines is 3. The monoisotopic (exact) mass is 455 g/mol. The van der Waals surface area contributed by atoms with Gasteiger partial charge in [-0.2, -0.15) is 0 Å². The first-order valence-electron chi connectivity index (χ1n) is 9.29. The molecule has 0 unspecified atom stereocenters. The number of pyridine rings is 2. The molecule has 1 aliphatic rings. The highest BCUT2D eigenvalue weighted by Gasteiger charge is 2.28. The maximum Gasteiger partial charge on any atom is 0.153 e. The van der Waals surface area contributed by atoms with Crippen molar-refractivity contribution < 1.29 is 0 Å². The lowest BCUT2D eigenvalue weighted by molar-refractivity contribution is 1.07. The molecular weight excluding hydrogens is 442 g/mol. The molecule has 1 aliphatic heterocycles. The van der Waals surface area contributed by atoms with Crippen LogP contribution in [0.25, 0.3) is 21.8 Å². The molecule has 0 bridgehead atoms. The summed E-state index contributed by atoms with van der Waals surface area (Å²) in [4.78, 5) is 14.5. The van der Waals surface area contributed by atoms with Crippen molar-refractivity contribution in [1.29, 1.82) is 0 Å². The average Bonchev–Trinajstić information content (AvgIpc) is 2.75. The van der Waals surface area contributed by atoms with Crippen LogP contribution in [-0.4, -0.2) is 9.97 Å². The molecule has 0 atom stereocenters. The Hall–Kier alpha value is -2.89. The van der Waals surface area contributed by atoms with Crippen LogP contribution in [0.2, 0.25) is 0 Å². The molecule has 138 valence electrons. The van der Waals surface area contributed by atoms with E-state index in [1.807, 2.05) is 12.1 Å². The van der Waals surface area contributed by atoms with E-state index in [-0.39, 0.29) is 0 Å². The maximum atomic E-state index is 5.03. The number of fused-ring (bicyclic) bond motifs is 4. The van der Waals surface area contributed by atoms with Crippen LogP contribution in [0.1, 0.15) is 0 Å². The first-order valence-corrected chi connectivity index (χ1v) is 10.9. The van der Waals surface area contributed by atoms with Crippen LogP contribution in [0.15, 0.2) is 99.2 Å². The molecular formula is C24H14BrN3S. The van der Waals surface area contributed by atoms with Crippen molar-refractivity contribution in [1.82, 2.24) is 9.97 Å². The van der Waals surface area contributed by atoms with E-state index >= 15 is 0 Å². The Bertz CT molecular complexity index is 1310. The number of hydrogen-bond donors (Lipinski definition) is 0. The van der Waals surface area contributed by atoms with Gasteiger partial charge in [0.2, 0.25) is 0 Å². The lowest BCUT2D eigenvalue weighted by Crippen LogP contribution is -2.18. The summed E-state index contributed by atoms with van der Waals surface area (Å²) in [5.41, 5.74) is 3.01. The highest BCUT2D eigenvalue weighted by Crippen LogP contribution is 2.51. The Balaban J connectivity index is 1.66. The standard InChI is InChI=1S/C24H14BrN3S/c25-17-9-11-18(12-10-17)28-23-21(13-15-5-1-3-7-19(15)26-23)29-22-14-16-6-2-4-8-20(16)27-24(22)28/h1-14H. The van der Waals surface area contributed by atoms with E-state index in [1.54, 1.807) is 11.8 Å². The summed E-state index contributed by atoms with van der Waals surface area (Å²) >= 11 is 5.28. The third-order valence-corrected chi connectivity index (χ3v) is 6.64. The second-order valence-electron chi connectivity index (χ2n) is 6.92. The van der Waals surface area contributed by atoms with Gasteiger partial charge in [-0.3, -0.25) is 4.90 Å². The second kappa shape index (κ2) is 6.58. The normalized spacial score (nSPS) is 12.8. The molecule has 0 amide bonds. The van der Waals surface area contributed by atoms with E-state index in [9.17, 15) is 0 Å². The van der Waals surface area contributed by atoms with E-state index in [4.69, 9.17) is 9.97 Å². The van der Waals surface area contributed by atoms with Crippen molar-refractivity contribution in [3.63, 3.8) is 0 Å². The molecule has 0 saturated carbocycles. The SMILES string of the molecule is Brc1ccc(N2c3nc4ccccc4cc3Sc3cc4ccccc4nc32)cc1. The average molecular weight is 456 g/mol. The van der Waals surface area contributed by atoms with Gasteiger partial charge in [-0.15, -0.1) is 0 Å². The van der Waals surface area contributed by atoms with Gasteiger partial charge in [-0.05, 0) is 48.5 Å². The van der Waals surface area contributed by atoms with Gasteiger partial charge in [-0.25, -0.2) is 9.97 Å². The molecule has 3 aromatic carbocycles. The minimum Gasteiger partial charge on any atom is -0.277 e. The number of para-hydroxylation sites is 2. The number of benzene rings is 3. The van der Waals surface area contributed by atoms with E-state index in [1.165, 1.54) is 0 Å². The molecule has 0 aliphatic carbocycles. The number of aromatic nitrogens is 2. The Morgan fingerprint density at radius 3 is 1.72 bits per heavy atom. The zero-order valence-corrected chi connectivity index (χ0v) is 17.6. The first-order chi connectivity index (χ1) is 14.3. The molecule has 0 fully saturated rings. The zero-order chi connectivity index (χ0) is 19.4. The van der Waals surface area contributed by atoms with Crippen molar-refractivity contribution in [2.24, 2.45) is 0 Å². The number of rotatable bonds is 1. The smallest absolute Gasteiger partial charge is 0.153 e. The summed E-state index contributed by atoms with van der Waals surface area (Å²) in [7, 11) is 0. The molecule has 5 aromatic rings. The highest BCUT2D eigenvalue weighted by molar-refractivity contribution is 9.10. The summed E-state index contributed by atoms with van der Waals surface area (Å²) < 4.78 is 1.05. The quantitative estimate of drug-likeness (QED) is 0.257. The molecule has 3 heterocycles. The first kappa shape index (κ1) is 17.0. The number of hydrogen-bond acceptors (Lipinski definition) is 4. The summed E-state index contributed by atoms with van der Waals surface area (Å²) in [5, 5.41) is 2.29. The third-order valence-electron chi connectivity index (χ3n) is 5.07. The predicted octanol–water partition coefficient (Wildman–Crippen LogP) is 7.48. The van der Waals surface area contributed by atoms with Crippen molar-refractivity contribution >= 4 is 66.8 Å².